The molecule has 1 fully saturated rings. The van der Waals surface area contributed by atoms with Gasteiger partial charge in [0.2, 0.25) is 0 Å². The van der Waals surface area contributed by atoms with Gasteiger partial charge in [-0.2, -0.15) is 0 Å². The third kappa shape index (κ3) is 8.20. The second-order valence-corrected chi connectivity index (χ2v) is 7.04. The summed E-state index contributed by atoms with van der Waals surface area (Å²) in [7, 11) is 0. The van der Waals surface area contributed by atoms with Gasteiger partial charge in [-0.25, -0.2) is 4.68 Å². The van der Waals surface area contributed by atoms with Crippen molar-refractivity contribution in [3.8, 4) is 5.75 Å². The largest absolute Gasteiger partial charge is 0.487 e. The maximum Gasteiger partial charge on any atom is 0.163 e. The summed E-state index contributed by atoms with van der Waals surface area (Å²) in [4.78, 5) is 0. The van der Waals surface area contributed by atoms with E-state index in [1.165, 1.54) is 0 Å². The van der Waals surface area contributed by atoms with Crippen LogP contribution in [0.1, 0.15) is 31.0 Å². The van der Waals surface area contributed by atoms with Crippen LogP contribution in [0, 0.1) is 6.92 Å². The van der Waals surface area contributed by atoms with E-state index in [-0.39, 0.29) is 12.2 Å². The molecule has 4 N–H and O–H groups in total. The predicted molar refractivity (Wildman–Crippen MR) is 111 cm³/mol. The lowest BCUT2D eigenvalue weighted by molar-refractivity contribution is -0.0512. The second-order valence-electron chi connectivity index (χ2n) is 6.60. The third-order valence-electron chi connectivity index (χ3n) is 4.04. The number of nitrogens with zero attached hydrogens (tertiary/aromatic N) is 3. The number of aromatic nitrogens is 3. The van der Waals surface area contributed by atoms with Crippen LogP contribution in [-0.4, -0.2) is 50.6 Å². The maximum absolute atomic E-state index is 9.65. The molecule has 1 aromatic carbocycles. The Labute approximate surface area is 171 Å². The molecule has 0 amide bonds. The Morgan fingerprint density at radius 1 is 1.50 bits per heavy atom. The highest BCUT2D eigenvalue weighted by atomic mass is 32.1. The van der Waals surface area contributed by atoms with Gasteiger partial charge in [0.05, 0.1) is 24.9 Å². The fourth-order valence-electron chi connectivity index (χ4n) is 2.73. The Kier molecular flexibility index (Phi) is 9.12. The van der Waals surface area contributed by atoms with Crippen LogP contribution in [0.4, 0.5) is 0 Å². The van der Waals surface area contributed by atoms with Crippen molar-refractivity contribution in [1.29, 1.82) is 0 Å². The Hall–Kier alpha value is -2.23. The summed E-state index contributed by atoms with van der Waals surface area (Å²) in [5, 5.41) is 20.9. The highest BCUT2D eigenvalue weighted by molar-refractivity contribution is 7.80. The van der Waals surface area contributed by atoms with Crippen LogP contribution in [0.25, 0.3) is 0 Å². The predicted octanol–water partition coefficient (Wildman–Crippen LogP) is 1.54. The van der Waals surface area contributed by atoms with Crippen molar-refractivity contribution in [2.24, 2.45) is 5.73 Å². The van der Waals surface area contributed by atoms with E-state index in [0.29, 0.717) is 37.7 Å². The van der Waals surface area contributed by atoms with Crippen molar-refractivity contribution in [2.45, 2.75) is 52.0 Å². The van der Waals surface area contributed by atoms with Gasteiger partial charge in [0, 0.05) is 19.6 Å². The molecule has 0 radical (unpaired) electrons. The number of aliphatic hydroxyl groups is 1. The van der Waals surface area contributed by atoms with Gasteiger partial charge < -0.3 is 25.6 Å². The van der Waals surface area contributed by atoms with E-state index in [4.69, 9.17) is 15.2 Å². The average molecular weight is 408 g/mol. The van der Waals surface area contributed by atoms with E-state index in [9.17, 15) is 5.11 Å². The van der Waals surface area contributed by atoms with Gasteiger partial charge in [-0.3, -0.25) is 0 Å². The van der Waals surface area contributed by atoms with Crippen molar-refractivity contribution in [3.63, 3.8) is 0 Å². The molecule has 28 heavy (non-hydrogen) atoms. The standard InChI is InChI=1S/C16H21N3O3.C3H8N2S/c1-12-3-2-4-15(7-12)22-11-13-9-19(18-17-13)10-16-8-14(20)5-6-21-16;1-2-5-3(4)6/h2-4,7,9,14,16,20H,5-6,8,10-11H2,1H3;2H2,1H3,(H3,4,5,6). The first-order chi connectivity index (χ1) is 13.5. The molecule has 154 valence electrons. The van der Waals surface area contributed by atoms with E-state index < -0.39 is 0 Å². The molecule has 0 spiro atoms. The first kappa shape index (κ1) is 22.1. The molecule has 2 unspecified atom stereocenters. The highest BCUT2D eigenvalue weighted by Crippen LogP contribution is 2.16. The van der Waals surface area contributed by atoms with Crippen LogP contribution in [0.2, 0.25) is 0 Å². The summed E-state index contributed by atoms with van der Waals surface area (Å²) in [6.07, 6.45) is 2.95. The van der Waals surface area contributed by atoms with Gasteiger partial charge in [0.1, 0.15) is 18.1 Å². The summed E-state index contributed by atoms with van der Waals surface area (Å²) >= 11 is 4.46. The number of hydrogen-bond donors (Lipinski definition) is 3. The molecular formula is C19H29N5O3S. The van der Waals surface area contributed by atoms with Crippen LogP contribution in [0.5, 0.6) is 5.75 Å². The summed E-state index contributed by atoms with van der Waals surface area (Å²) in [6, 6.07) is 7.91. The third-order valence-corrected chi connectivity index (χ3v) is 4.19. The van der Waals surface area contributed by atoms with E-state index in [2.05, 4.69) is 27.8 Å². The minimum Gasteiger partial charge on any atom is -0.487 e. The van der Waals surface area contributed by atoms with Gasteiger partial charge in [0.25, 0.3) is 0 Å². The molecule has 2 aromatic rings. The highest BCUT2D eigenvalue weighted by Gasteiger charge is 2.21. The van der Waals surface area contributed by atoms with Crippen molar-refractivity contribution >= 4 is 17.3 Å². The van der Waals surface area contributed by atoms with Crippen LogP contribution in [0.15, 0.2) is 30.5 Å². The zero-order chi connectivity index (χ0) is 20.4. The number of hydrogen-bond acceptors (Lipinski definition) is 6. The molecule has 0 bridgehead atoms. The number of aliphatic hydroxyl groups excluding tert-OH is 1. The SMILES string of the molecule is CCNC(N)=S.Cc1cccc(OCc2cn(CC3CC(O)CCO3)nn2)c1. The molecule has 9 heteroatoms. The molecule has 1 aliphatic heterocycles. The Morgan fingerprint density at radius 2 is 2.32 bits per heavy atom. The zero-order valence-corrected chi connectivity index (χ0v) is 17.2. The Morgan fingerprint density at radius 3 is 2.96 bits per heavy atom. The lowest BCUT2D eigenvalue weighted by Gasteiger charge is -2.26. The molecule has 2 heterocycles. The van der Waals surface area contributed by atoms with Gasteiger partial charge >= 0.3 is 0 Å². The van der Waals surface area contributed by atoms with Crippen molar-refractivity contribution in [2.75, 3.05) is 13.2 Å². The lowest BCUT2D eigenvalue weighted by atomic mass is 10.1. The number of ether oxygens (including phenoxy) is 2. The van der Waals surface area contributed by atoms with Crippen molar-refractivity contribution in [3.05, 3.63) is 41.7 Å². The number of benzene rings is 1. The first-order valence-corrected chi connectivity index (χ1v) is 9.78. The molecule has 1 aromatic heterocycles. The fraction of sp³-hybridized carbons (Fsp3) is 0.526. The van der Waals surface area contributed by atoms with Crippen LogP contribution < -0.4 is 15.8 Å². The quantitative estimate of drug-likeness (QED) is 0.619. The molecular weight excluding hydrogens is 378 g/mol. The molecule has 3 rings (SSSR count). The van der Waals surface area contributed by atoms with Gasteiger partial charge in [0.15, 0.2) is 5.11 Å². The van der Waals surface area contributed by atoms with E-state index >= 15 is 0 Å². The van der Waals surface area contributed by atoms with E-state index in [1.807, 2.05) is 44.3 Å². The first-order valence-electron chi connectivity index (χ1n) is 9.37. The number of aryl methyl sites for hydroxylation is 1. The Bertz CT molecular complexity index is 740. The maximum atomic E-state index is 9.65. The molecule has 8 nitrogen and oxygen atoms in total. The molecule has 0 saturated carbocycles. The van der Waals surface area contributed by atoms with Crippen molar-refractivity contribution in [1.82, 2.24) is 20.3 Å². The molecule has 0 aliphatic carbocycles. The molecule has 1 aliphatic rings. The normalized spacial score (nSPS) is 18.7. The van der Waals surface area contributed by atoms with Crippen LogP contribution in [-0.2, 0) is 17.9 Å². The number of nitrogens with two attached hydrogens (primary N) is 1. The summed E-state index contributed by atoms with van der Waals surface area (Å²) in [6.45, 7) is 6.38. The van der Waals surface area contributed by atoms with Gasteiger partial charge in [-0.15, -0.1) is 5.10 Å². The topological polar surface area (TPSA) is 107 Å². The number of thiocarbonyl (C=S) groups is 1. The van der Waals surface area contributed by atoms with E-state index in [1.54, 1.807) is 4.68 Å². The van der Waals surface area contributed by atoms with Gasteiger partial charge in [-0.05, 0) is 50.2 Å². The zero-order valence-electron chi connectivity index (χ0n) is 16.4. The fourth-order valence-corrected chi connectivity index (χ4v) is 2.87. The summed E-state index contributed by atoms with van der Waals surface area (Å²) in [5.74, 6) is 0.827. The molecule has 1 saturated heterocycles. The minimum atomic E-state index is -0.272. The Balaban J connectivity index is 0.000000409. The van der Waals surface area contributed by atoms with Crippen molar-refractivity contribution < 1.29 is 14.6 Å². The smallest absolute Gasteiger partial charge is 0.163 e. The van der Waals surface area contributed by atoms with E-state index in [0.717, 1.165) is 23.6 Å². The molecule has 2 atom stereocenters. The minimum absolute atomic E-state index is 0.00371. The van der Waals surface area contributed by atoms with Crippen LogP contribution in [0.3, 0.4) is 0 Å². The lowest BCUT2D eigenvalue weighted by Crippen LogP contribution is -2.32. The van der Waals surface area contributed by atoms with Gasteiger partial charge in [-0.1, -0.05) is 17.3 Å². The number of rotatable bonds is 6. The summed E-state index contributed by atoms with van der Waals surface area (Å²) < 4.78 is 13.1. The monoisotopic (exact) mass is 407 g/mol. The summed E-state index contributed by atoms with van der Waals surface area (Å²) in [5.41, 5.74) is 6.96. The number of nitrogens with one attached hydrogen (secondary N) is 1. The second kappa shape index (κ2) is 11.6. The average Bonchev–Trinajstić information content (AvgIpc) is 3.08. The van der Waals surface area contributed by atoms with Crippen LogP contribution >= 0.6 is 12.2 Å².